The summed E-state index contributed by atoms with van der Waals surface area (Å²) in [6.45, 7) is 12.4. The third kappa shape index (κ3) is 7.09. The molecule has 1 aliphatic rings. The molecular formula is C18H31BrN2O7Si. The fraction of sp³-hybridized carbons (Fsp3) is 0.722. The van der Waals surface area contributed by atoms with E-state index in [0.29, 0.717) is 6.54 Å². The maximum Gasteiger partial charge on any atom is 0.411 e. The molecule has 0 aliphatic carbocycles. The number of hydrogen-bond donors (Lipinski definition) is 2. The van der Waals surface area contributed by atoms with Crippen molar-refractivity contribution in [3.8, 4) is 0 Å². The average Bonchev–Trinajstić information content (AvgIpc) is 3.44. The van der Waals surface area contributed by atoms with Gasteiger partial charge in [0.05, 0.1) is 18.7 Å². The van der Waals surface area contributed by atoms with Crippen LogP contribution in [0.3, 0.4) is 0 Å². The first kappa shape index (κ1) is 25.6. The monoisotopic (exact) mass is 494 g/mol. The molecule has 0 spiro atoms. The first-order valence-electron chi connectivity index (χ1n) is 9.16. The standard InChI is InChI=1S/C18H31BrN2O7Si/c1-10(22)27-15(12(19)13(16(23)25-5)21-17(24)26-6)14(11-9-20-11)28-29(7,8)18(2,3)4/h11,14-15,20H,9H2,1-8H3,(H,21,24)/b13-12+/t11-,14+,15+/m0/s1. The molecule has 29 heavy (non-hydrogen) atoms. The van der Waals surface area contributed by atoms with Gasteiger partial charge in [0.1, 0.15) is 11.8 Å². The van der Waals surface area contributed by atoms with E-state index in [4.69, 9.17) is 13.9 Å². The Kier molecular flexibility index (Phi) is 8.87. The largest absolute Gasteiger partial charge is 0.464 e. The van der Waals surface area contributed by atoms with Crippen LogP contribution in [0.1, 0.15) is 27.7 Å². The number of amides is 1. The Labute approximate surface area is 181 Å². The fourth-order valence-corrected chi connectivity index (χ4v) is 4.16. The molecule has 0 saturated carbocycles. The maximum atomic E-state index is 12.3. The molecule has 1 heterocycles. The van der Waals surface area contributed by atoms with Crippen LogP contribution in [0.5, 0.6) is 0 Å². The summed E-state index contributed by atoms with van der Waals surface area (Å²) in [4.78, 5) is 35.9. The summed E-state index contributed by atoms with van der Waals surface area (Å²) in [6, 6.07) is -0.0713. The van der Waals surface area contributed by atoms with Crippen LogP contribution in [0.4, 0.5) is 4.79 Å². The number of ether oxygens (including phenoxy) is 3. The van der Waals surface area contributed by atoms with Gasteiger partial charge in [-0.25, -0.2) is 9.59 Å². The summed E-state index contributed by atoms with van der Waals surface area (Å²) in [5, 5.41) is 5.41. The molecule has 1 amide bonds. The lowest BCUT2D eigenvalue weighted by molar-refractivity contribution is -0.149. The second-order valence-electron chi connectivity index (χ2n) is 8.22. The Morgan fingerprint density at radius 1 is 1.17 bits per heavy atom. The van der Waals surface area contributed by atoms with Crippen molar-refractivity contribution < 1.29 is 33.0 Å². The van der Waals surface area contributed by atoms with E-state index in [1.165, 1.54) is 21.1 Å². The Bertz CT molecular complexity index is 672. The number of rotatable bonds is 8. The number of nitrogens with one attached hydrogen (secondary N) is 2. The number of carbonyl (C=O) groups excluding carboxylic acids is 3. The average molecular weight is 495 g/mol. The van der Waals surface area contributed by atoms with Crippen molar-refractivity contribution in [2.45, 2.75) is 64.1 Å². The van der Waals surface area contributed by atoms with Crippen LogP contribution in [-0.4, -0.2) is 65.4 Å². The van der Waals surface area contributed by atoms with Gasteiger partial charge in [-0.15, -0.1) is 0 Å². The molecule has 9 nitrogen and oxygen atoms in total. The number of alkyl carbamates (subject to hydrolysis) is 1. The van der Waals surface area contributed by atoms with Crippen LogP contribution in [0.2, 0.25) is 18.1 Å². The molecule has 0 bridgehead atoms. The van der Waals surface area contributed by atoms with E-state index >= 15 is 0 Å². The highest BCUT2D eigenvalue weighted by Crippen LogP contribution is 2.40. The van der Waals surface area contributed by atoms with E-state index in [-0.39, 0.29) is 21.3 Å². The fourth-order valence-electron chi connectivity index (χ4n) is 2.22. The smallest absolute Gasteiger partial charge is 0.411 e. The van der Waals surface area contributed by atoms with E-state index in [1.807, 2.05) is 0 Å². The van der Waals surface area contributed by atoms with Gasteiger partial charge in [0.2, 0.25) is 0 Å². The molecular weight excluding hydrogens is 464 g/mol. The van der Waals surface area contributed by atoms with Crippen LogP contribution < -0.4 is 10.6 Å². The summed E-state index contributed by atoms with van der Waals surface area (Å²) in [7, 11) is 0.0784. The lowest BCUT2D eigenvalue weighted by Crippen LogP contribution is -2.51. The van der Waals surface area contributed by atoms with E-state index in [2.05, 4.69) is 65.2 Å². The number of methoxy groups -OCH3 is 2. The molecule has 11 heteroatoms. The van der Waals surface area contributed by atoms with Gasteiger partial charge < -0.3 is 24.0 Å². The van der Waals surface area contributed by atoms with Crippen LogP contribution in [-0.2, 0) is 28.2 Å². The van der Waals surface area contributed by atoms with Crippen molar-refractivity contribution in [2.24, 2.45) is 0 Å². The third-order valence-corrected chi connectivity index (χ3v) is 10.3. The molecule has 0 aromatic heterocycles. The van der Waals surface area contributed by atoms with E-state index in [1.54, 1.807) is 0 Å². The summed E-state index contributed by atoms with van der Waals surface area (Å²) in [5.41, 5.74) is -0.227. The molecule has 166 valence electrons. The van der Waals surface area contributed by atoms with E-state index in [0.717, 1.165) is 0 Å². The Hall–Kier alpha value is -1.43. The molecule has 0 unspecified atom stereocenters. The van der Waals surface area contributed by atoms with Gasteiger partial charge in [0.15, 0.2) is 14.4 Å². The molecule has 1 saturated heterocycles. The van der Waals surface area contributed by atoms with Gasteiger partial charge in [-0.3, -0.25) is 10.1 Å². The highest BCUT2D eigenvalue weighted by Gasteiger charge is 2.48. The molecule has 1 fully saturated rings. The quantitative estimate of drug-likeness (QED) is 0.173. The summed E-state index contributed by atoms with van der Waals surface area (Å²) in [6.07, 6.45) is -2.42. The van der Waals surface area contributed by atoms with Gasteiger partial charge in [0.25, 0.3) is 0 Å². The molecule has 0 radical (unpaired) electrons. The Morgan fingerprint density at radius 2 is 1.72 bits per heavy atom. The first-order valence-corrected chi connectivity index (χ1v) is 12.9. The second-order valence-corrected chi connectivity index (χ2v) is 13.8. The molecule has 1 rings (SSSR count). The number of carbonyl (C=O) groups is 3. The number of halogens is 1. The minimum atomic E-state index is -2.26. The number of hydrogen-bond acceptors (Lipinski definition) is 8. The van der Waals surface area contributed by atoms with Crippen LogP contribution >= 0.6 is 15.9 Å². The first-order chi connectivity index (χ1) is 13.2. The zero-order valence-electron chi connectivity index (χ0n) is 18.2. The van der Waals surface area contributed by atoms with E-state index in [9.17, 15) is 14.4 Å². The van der Waals surface area contributed by atoms with Crippen molar-refractivity contribution in [2.75, 3.05) is 20.8 Å². The predicted molar refractivity (Wildman–Crippen MR) is 113 cm³/mol. The SMILES string of the molecule is COC(=O)N/C(C(=O)OC)=C(/Br)[C@@H](OC(C)=O)[C@H](O[Si](C)(C)C(C)(C)C)[C@@H]1CN1. The van der Waals surface area contributed by atoms with Crippen LogP contribution in [0.15, 0.2) is 10.2 Å². The highest BCUT2D eigenvalue weighted by molar-refractivity contribution is 9.11. The van der Waals surface area contributed by atoms with Gasteiger partial charge in [-0.2, -0.15) is 0 Å². The molecule has 2 N–H and O–H groups in total. The summed E-state index contributed by atoms with van der Waals surface area (Å²) < 4.78 is 21.5. The van der Waals surface area contributed by atoms with E-state index < -0.39 is 38.6 Å². The van der Waals surface area contributed by atoms with Crippen molar-refractivity contribution >= 4 is 42.3 Å². The van der Waals surface area contributed by atoms with Gasteiger partial charge in [0, 0.05) is 19.5 Å². The van der Waals surface area contributed by atoms with Gasteiger partial charge >= 0.3 is 18.0 Å². The highest BCUT2D eigenvalue weighted by atomic mass is 79.9. The topological polar surface area (TPSA) is 122 Å². The Morgan fingerprint density at radius 3 is 2.10 bits per heavy atom. The van der Waals surface area contributed by atoms with Crippen molar-refractivity contribution in [3.63, 3.8) is 0 Å². The molecule has 1 aliphatic heterocycles. The molecule has 3 atom stereocenters. The number of esters is 2. The minimum Gasteiger partial charge on any atom is -0.464 e. The van der Waals surface area contributed by atoms with Crippen molar-refractivity contribution in [1.82, 2.24) is 10.6 Å². The van der Waals surface area contributed by atoms with Gasteiger partial charge in [-0.05, 0) is 34.1 Å². The van der Waals surface area contributed by atoms with Crippen molar-refractivity contribution in [1.29, 1.82) is 0 Å². The lowest BCUT2D eigenvalue weighted by atomic mass is 10.1. The Balaban J connectivity index is 3.43. The predicted octanol–water partition coefficient (Wildman–Crippen LogP) is 2.42. The molecule has 0 aromatic carbocycles. The van der Waals surface area contributed by atoms with Crippen molar-refractivity contribution in [3.05, 3.63) is 10.2 Å². The minimum absolute atomic E-state index is 0.0713. The van der Waals surface area contributed by atoms with Crippen LogP contribution in [0.25, 0.3) is 0 Å². The molecule has 0 aromatic rings. The second kappa shape index (κ2) is 10.1. The zero-order chi connectivity index (χ0) is 22.6. The maximum absolute atomic E-state index is 12.3. The zero-order valence-corrected chi connectivity index (χ0v) is 20.8. The summed E-state index contributed by atoms with van der Waals surface area (Å²) in [5.74, 6) is -1.38. The summed E-state index contributed by atoms with van der Waals surface area (Å²) >= 11 is 3.33. The van der Waals surface area contributed by atoms with Gasteiger partial charge in [-0.1, -0.05) is 20.8 Å². The van der Waals surface area contributed by atoms with Crippen LogP contribution in [0, 0.1) is 0 Å². The normalized spacial score (nSPS) is 19.4. The lowest BCUT2D eigenvalue weighted by Gasteiger charge is -2.41. The third-order valence-electron chi connectivity index (χ3n) is 4.96.